The molecule has 3 heterocycles. The molecule has 0 unspecified atom stereocenters. The maximum absolute atomic E-state index is 12.1. The lowest BCUT2D eigenvalue weighted by Gasteiger charge is -2.22. The van der Waals surface area contributed by atoms with Crippen LogP contribution in [-0.4, -0.2) is 64.9 Å². The zero-order valence-corrected chi connectivity index (χ0v) is 14.1. The molecule has 1 amide bonds. The predicted octanol–water partition coefficient (Wildman–Crippen LogP) is 0.325. The molecule has 0 radical (unpaired) electrons. The number of carbonyl (C=O) groups is 1. The molecule has 0 bridgehead atoms. The molecular formula is C15H19N5O3S. The summed E-state index contributed by atoms with van der Waals surface area (Å²) >= 11 is 0. The van der Waals surface area contributed by atoms with E-state index in [1.807, 2.05) is 0 Å². The minimum atomic E-state index is -2.95. The number of rotatable bonds is 5. The van der Waals surface area contributed by atoms with Crippen LogP contribution in [0, 0.1) is 0 Å². The van der Waals surface area contributed by atoms with Gasteiger partial charge in [-0.25, -0.2) is 18.4 Å². The molecule has 1 fully saturated rings. The Kier molecular flexibility index (Phi) is 4.63. The van der Waals surface area contributed by atoms with Gasteiger partial charge in [0.1, 0.15) is 12.1 Å². The summed E-state index contributed by atoms with van der Waals surface area (Å²) in [4.78, 5) is 22.1. The molecule has 1 aliphatic rings. The third-order valence-electron chi connectivity index (χ3n) is 4.03. The van der Waals surface area contributed by atoms with E-state index < -0.39 is 9.84 Å². The summed E-state index contributed by atoms with van der Waals surface area (Å²) in [5.74, 6) is 0.832. The Morgan fingerprint density at radius 2 is 2.29 bits per heavy atom. The van der Waals surface area contributed by atoms with Crippen LogP contribution in [0.1, 0.15) is 6.42 Å². The summed E-state index contributed by atoms with van der Waals surface area (Å²) in [6, 6.07) is 3.45. The number of likely N-dealkylation sites (N-methyl/N-ethyl adjacent to an activating group) is 1. The Morgan fingerprint density at radius 1 is 1.46 bits per heavy atom. The monoisotopic (exact) mass is 349 g/mol. The van der Waals surface area contributed by atoms with E-state index in [4.69, 9.17) is 0 Å². The van der Waals surface area contributed by atoms with E-state index in [0.717, 1.165) is 0 Å². The lowest BCUT2D eigenvalue weighted by molar-refractivity contribution is -0.117. The average molecular weight is 349 g/mol. The number of carbonyl (C=O) groups excluding carboxylic acids is 1. The number of amides is 1. The van der Waals surface area contributed by atoms with Crippen molar-refractivity contribution in [3.05, 3.63) is 37.1 Å². The molecule has 0 aliphatic carbocycles. The van der Waals surface area contributed by atoms with Crippen LogP contribution in [0.5, 0.6) is 0 Å². The summed E-state index contributed by atoms with van der Waals surface area (Å²) < 4.78 is 24.8. The van der Waals surface area contributed by atoms with Gasteiger partial charge in [-0.05, 0) is 25.6 Å². The minimum absolute atomic E-state index is 0.0949. The Bertz CT molecular complexity index is 802. The summed E-state index contributed by atoms with van der Waals surface area (Å²) in [5.41, 5.74) is 0.594. The van der Waals surface area contributed by atoms with Crippen molar-refractivity contribution >= 4 is 21.4 Å². The molecule has 3 rings (SSSR count). The zero-order chi connectivity index (χ0) is 17.2. The van der Waals surface area contributed by atoms with E-state index in [-0.39, 0.29) is 30.0 Å². The normalized spacial score (nSPS) is 19.5. The third kappa shape index (κ3) is 3.98. The van der Waals surface area contributed by atoms with Crippen LogP contribution in [-0.2, 0) is 14.6 Å². The van der Waals surface area contributed by atoms with Gasteiger partial charge in [-0.2, -0.15) is 0 Å². The Hall–Kier alpha value is -2.26. The second-order valence-corrected chi connectivity index (χ2v) is 8.12. The second-order valence-electron chi connectivity index (χ2n) is 5.90. The van der Waals surface area contributed by atoms with Crippen molar-refractivity contribution in [3.8, 4) is 5.82 Å². The van der Waals surface area contributed by atoms with Gasteiger partial charge in [0.15, 0.2) is 9.84 Å². The highest BCUT2D eigenvalue weighted by molar-refractivity contribution is 7.91. The first-order chi connectivity index (χ1) is 11.4. The van der Waals surface area contributed by atoms with Crippen molar-refractivity contribution in [2.75, 3.05) is 30.4 Å². The Morgan fingerprint density at radius 3 is 2.88 bits per heavy atom. The maximum Gasteiger partial charge on any atom is 0.238 e. The number of aromatic nitrogens is 3. The summed E-state index contributed by atoms with van der Waals surface area (Å²) in [6.07, 6.45) is 7.24. The van der Waals surface area contributed by atoms with E-state index in [1.54, 1.807) is 53.6 Å². The largest absolute Gasteiger partial charge is 0.324 e. The first-order valence-electron chi connectivity index (χ1n) is 7.58. The SMILES string of the molecule is CN(CC(=O)Nc1ccc(-n2ccnc2)nc1)[C@H]1CCS(=O)(=O)C1. The standard InChI is InChI=1S/C15H19N5O3S/c1-19(13-4-7-24(22,23)10-13)9-15(21)18-12-2-3-14(17-8-12)20-6-5-16-11-20/h2-3,5-6,8,11,13H,4,7,9-10H2,1H3,(H,18,21)/t13-/m0/s1. The minimum Gasteiger partial charge on any atom is -0.324 e. The molecular weight excluding hydrogens is 330 g/mol. The van der Waals surface area contributed by atoms with Crippen molar-refractivity contribution in [2.45, 2.75) is 12.5 Å². The fraction of sp³-hybridized carbons (Fsp3) is 0.400. The van der Waals surface area contributed by atoms with Crippen molar-refractivity contribution in [1.82, 2.24) is 19.4 Å². The maximum atomic E-state index is 12.1. The molecule has 2 aromatic rings. The van der Waals surface area contributed by atoms with Crippen LogP contribution in [0.4, 0.5) is 5.69 Å². The first-order valence-corrected chi connectivity index (χ1v) is 9.40. The molecule has 0 saturated carbocycles. The van der Waals surface area contributed by atoms with E-state index in [0.29, 0.717) is 17.9 Å². The van der Waals surface area contributed by atoms with Gasteiger partial charge in [-0.3, -0.25) is 14.3 Å². The number of sulfone groups is 1. The second kappa shape index (κ2) is 6.70. The number of pyridine rings is 1. The molecule has 0 spiro atoms. The van der Waals surface area contributed by atoms with Crippen LogP contribution < -0.4 is 5.32 Å². The average Bonchev–Trinajstić information content (AvgIpc) is 3.17. The predicted molar refractivity (Wildman–Crippen MR) is 89.7 cm³/mol. The quantitative estimate of drug-likeness (QED) is 0.835. The van der Waals surface area contributed by atoms with Crippen LogP contribution >= 0.6 is 0 Å². The Labute approximate surface area is 140 Å². The highest BCUT2D eigenvalue weighted by Gasteiger charge is 2.31. The summed E-state index contributed by atoms with van der Waals surface area (Å²) in [7, 11) is -1.18. The topological polar surface area (TPSA) is 97.2 Å². The van der Waals surface area contributed by atoms with Crippen molar-refractivity contribution in [1.29, 1.82) is 0 Å². The number of imidazole rings is 1. The van der Waals surface area contributed by atoms with E-state index in [2.05, 4.69) is 15.3 Å². The van der Waals surface area contributed by atoms with Gasteiger partial charge in [-0.15, -0.1) is 0 Å². The lowest BCUT2D eigenvalue weighted by Crippen LogP contribution is -2.38. The van der Waals surface area contributed by atoms with Crippen molar-refractivity contribution in [3.63, 3.8) is 0 Å². The van der Waals surface area contributed by atoms with Crippen LogP contribution in [0.3, 0.4) is 0 Å². The number of hydrogen-bond donors (Lipinski definition) is 1. The van der Waals surface area contributed by atoms with Gasteiger partial charge in [0, 0.05) is 18.4 Å². The van der Waals surface area contributed by atoms with Gasteiger partial charge >= 0.3 is 0 Å². The molecule has 1 N–H and O–H groups in total. The molecule has 128 valence electrons. The third-order valence-corrected chi connectivity index (χ3v) is 5.78. The van der Waals surface area contributed by atoms with E-state index >= 15 is 0 Å². The molecule has 2 aromatic heterocycles. The molecule has 9 heteroatoms. The van der Waals surface area contributed by atoms with Crippen LogP contribution in [0.2, 0.25) is 0 Å². The molecule has 1 saturated heterocycles. The molecule has 8 nitrogen and oxygen atoms in total. The van der Waals surface area contributed by atoms with Gasteiger partial charge in [0.05, 0.1) is 29.9 Å². The summed E-state index contributed by atoms with van der Waals surface area (Å²) in [5, 5.41) is 2.77. The molecule has 24 heavy (non-hydrogen) atoms. The zero-order valence-electron chi connectivity index (χ0n) is 13.3. The van der Waals surface area contributed by atoms with Gasteiger partial charge in [-0.1, -0.05) is 0 Å². The number of nitrogens with zero attached hydrogens (tertiary/aromatic N) is 4. The fourth-order valence-corrected chi connectivity index (χ4v) is 4.49. The highest BCUT2D eigenvalue weighted by Crippen LogP contribution is 2.16. The molecule has 0 aromatic carbocycles. The molecule has 1 atom stereocenters. The highest BCUT2D eigenvalue weighted by atomic mass is 32.2. The van der Waals surface area contributed by atoms with Crippen molar-refractivity contribution < 1.29 is 13.2 Å². The number of nitrogens with one attached hydrogen (secondary N) is 1. The lowest BCUT2D eigenvalue weighted by atomic mass is 10.2. The first kappa shape index (κ1) is 16.6. The van der Waals surface area contributed by atoms with Crippen LogP contribution in [0.15, 0.2) is 37.1 Å². The number of hydrogen-bond acceptors (Lipinski definition) is 6. The fourth-order valence-electron chi connectivity index (χ4n) is 2.69. The molecule has 1 aliphatic heterocycles. The Balaban J connectivity index is 1.55. The van der Waals surface area contributed by atoms with E-state index in [1.165, 1.54) is 0 Å². The van der Waals surface area contributed by atoms with Gasteiger partial charge in [0.25, 0.3) is 0 Å². The number of anilines is 1. The van der Waals surface area contributed by atoms with Crippen molar-refractivity contribution in [2.24, 2.45) is 0 Å². The smallest absolute Gasteiger partial charge is 0.238 e. The van der Waals surface area contributed by atoms with Gasteiger partial charge < -0.3 is 5.32 Å². The summed E-state index contributed by atoms with van der Waals surface area (Å²) in [6.45, 7) is 0.142. The van der Waals surface area contributed by atoms with Crippen LogP contribution in [0.25, 0.3) is 5.82 Å². The van der Waals surface area contributed by atoms with E-state index in [9.17, 15) is 13.2 Å². The van der Waals surface area contributed by atoms with Gasteiger partial charge in [0.2, 0.25) is 5.91 Å².